The Kier molecular flexibility index (Phi) is 6.93. The molecule has 3 aromatic carbocycles. The summed E-state index contributed by atoms with van der Waals surface area (Å²) in [5, 5.41) is 4.07. The summed E-state index contributed by atoms with van der Waals surface area (Å²) in [5.74, 6) is 0.336. The van der Waals surface area contributed by atoms with Crippen molar-refractivity contribution in [3.8, 4) is 5.75 Å². The van der Waals surface area contributed by atoms with Gasteiger partial charge in [0, 0.05) is 34.4 Å². The van der Waals surface area contributed by atoms with Crippen LogP contribution in [0.2, 0.25) is 0 Å². The molecule has 0 saturated heterocycles. The van der Waals surface area contributed by atoms with Gasteiger partial charge in [-0.3, -0.25) is 14.2 Å². The molecule has 0 aliphatic carbocycles. The number of thiazole rings is 1. The number of hydrogen-bond donors (Lipinski definition) is 1. The van der Waals surface area contributed by atoms with Gasteiger partial charge in [-0.1, -0.05) is 59.9 Å². The Bertz CT molecular complexity index is 2000. The maximum absolute atomic E-state index is 14.2. The number of benzene rings is 3. The third kappa shape index (κ3) is 4.80. The molecule has 6 rings (SSSR count). The molecule has 1 amide bonds. The van der Waals surface area contributed by atoms with Crippen molar-refractivity contribution < 1.29 is 9.53 Å². The minimum atomic E-state index is -0.677. The summed E-state index contributed by atoms with van der Waals surface area (Å²) in [6, 6.07) is 24.6. The van der Waals surface area contributed by atoms with Gasteiger partial charge in [-0.2, -0.15) is 0 Å². The first-order chi connectivity index (χ1) is 19.9. The Balaban J connectivity index is 1.54. The maximum atomic E-state index is 14.2. The third-order valence-electron chi connectivity index (χ3n) is 7.32. The molecule has 0 saturated carbocycles. The van der Waals surface area contributed by atoms with Crippen molar-refractivity contribution in [2.45, 2.75) is 32.9 Å². The van der Waals surface area contributed by atoms with Gasteiger partial charge in [0.25, 0.3) is 11.5 Å². The molecule has 1 aliphatic heterocycles. The molecule has 8 heteroatoms. The van der Waals surface area contributed by atoms with E-state index in [1.165, 1.54) is 11.3 Å². The average Bonchev–Trinajstić information content (AvgIpc) is 3.50. The van der Waals surface area contributed by atoms with Gasteiger partial charge in [0.2, 0.25) is 0 Å². The molecule has 7 nitrogen and oxygen atoms in total. The summed E-state index contributed by atoms with van der Waals surface area (Å²) in [5.41, 5.74) is 4.30. The van der Waals surface area contributed by atoms with Gasteiger partial charge in [0.05, 0.1) is 29.0 Å². The van der Waals surface area contributed by atoms with Crippen LogP contribution in [0.3, 0.4) is 0 Å². The van der Waals surface area contributed by atoms with Gasteiger partial charge in [-0.15, -0.1) is 0 Å². The van der Waals surface area contributed by atoms with E-state index in [0.717, 1.165) is 22.0 Å². The van der Waals surface area contributed by atoms with E-state index in [0.29, 0.717) is 32.0 Å². The van der Waals surface area contributed by atoms with Crippen molar-refractivity contribution >= 4 is 39.9 Å². The number of aromatic nitrogens is 2. The van der Waals surface area contributed by atoms with Crippen molar-refractivity contribution in [2.75, 3.05) is 12.4 Å². The standard InChI is InChI=1S/C33H30N4O3S/c1-20(2)36-19-23(26-15-8-9-16-27(26)36)18-28-32(39)37-30(22-11-10-14-25(17-22)40-4)29(21(3)34-33(37)41-28)31(38)35-24-12-6-5-7-13-24/h5-20,30H,1-4H3,(H,35,38)/b28-18-/t30-/m1/s1. The monoisotopic (exact) mass is 562 g/mol. The van der Waals surface area contributed by atoms with Crippen LogP contribution in [-0.2, 0) is 4.79 Å². The van der Waals surface area contributed by atoms with E-state index in [1.807, 2.05) is 79.7 Å². The lowest BCUT2D eigenvalue weighted by atomic mass is 9.95. The molecule has 1 aliphatic rings. The Morgan fingerprint density at radius 1 is 1.05 bits per heavy atom. The molecule has 0 unspecified atom stereocenters. The van der Waals surface area contributed by atoms with E-state index in [4.69, 9.17) is 9.73 Å². The van der Waals surface area contributed by atoms with E-state index in [9.17, 15) is 9.59 Å². The number of para-hydroxylation sites is 2. The van der Waals surface area contributed by atoms with Crippen LogP contribution in [0.5, 0.6) is 5.75 Å². The molecule has 0 spiro atoms. The van der Waals surface area contributed by atoms with E-state index < -0.39 is 6.04 Å². The molecule has 41 heavy (non-hydrogen) atoms. The summed E-state index contributed by atoms with van der Waals surface area (Å²) >= 11 is 1.33. The zero-order valence-corrected chi connectivity index (χ0v) is 24.1. The number of rotatable bonds is 6. The second kappa shape index (κ2) is 10.7. The lowest BCUT2D eigenvalue weighted by molar-refractivity contribution is -0.113. The number of anilines is 1. The summed E-state index contributed by atoms with van der Waals surface area (Å²) < 4.78 is 9.91. The molecule has 1 atom stereocenters. The first-order valence-corrected chi connectivity index (χ1v) is 14.3. The first-order valence-electron chi connectivity index (χ1n) is 13.5. The molecule has 0 fully saturated rings. The second-order valence-electron chi connectivity index (χ2n) is 10.3. The van der Waals surface area contributed by atoms with Crippen LogP contribution in [0, 0.1) is 0 Å². The predicted octanol–water partition coefficient (Wildman–Crippen LogP) is 5.42. The van der Waals surface area contributed by atoms with E-state index >= 15 is 0 Å². The maximum Gasteiger partial charge on any atom is 0.271 e. The van der Waals surface area contributed by atoms with Gasteiger partial charge in [0.1, 0.15) is 5.75 Å². The third-order valence-corrected chi connectivity index (χ3v) is 8.30. The second-order valence-corrected chi connectivity index (χ2v) is 11.3. The fourth-order valence-corrected chi connectivity index (χ4v) is 6.41. The molecule has 1 N–H and O–H groups in total. The number of nitrogens with one attached hydrogen (secondary N) is 1. The zero-order valence-electron chi connectivity index (χ0n) is 23.3. The summed E-state index contributed by atoms with van der Waals surface area (Å²) in [7, 11) is 1.60. The summed E-state index contributed by atoms with van der Waals surface area (Å²) in [4.78, 5) is 33.2. The molecule has 0 bridgehead atoms. The van der Waals surface area contributed by atoms with Crippen LogP contribution in [0.15, 0.2) is 106 Å². The highest BCUT2D eigenvalue weighted by atomic mass is 32.1. The first kappa shape index (κ1) is 26.5. The molecule has 0 radical (unpaired) electrons. The van der Waals surface area contributed by atoms with Crippen LogP contribution in [0.1, 0.15) is 44.0 Å². The highest BCUT2D eigenvalue weighted by Gasteiger charge is 2.32. The molecule has 2 aromatic heterocycles. The minimum Gasteiger partial charge on any atom is -0.497 e. The Labute approximate surface area is 241 Å². The number of amides is 1. The van der Waals surface area contributed by atoms with Gasteiger partial charge < -0.3 is 14.6 Å². The van der Waals surface area contributed by atoms with Crippen LogP contribution in [0.25, 0.3) is 17.0 Å². The van der Waals surface area contributed by atoms with Crippen LogP contribution >= 0.6 is 11.3 Å². The minimum absolute atomic E-state index is 0.194. The van der Waals surface area contributed by atoms with Crippen LogP contribution < -0.4 is 24.9 Å². The number of nitrogens with zero attached hydrogens (tertiary/aromatic N) is 3. The number of carbonyl (C=O) groups excluding carboxylic acids is 1. The number of ether oxygens (including phenoxy) is 1. The predicted molar refractivity (Wildman–Crippen MR) is 164 cm³/mol. The van der Waals surface area contributed by atoms with E-state index in [-0.39, 0.29) is 17.5 Å². The van der Waals surface area contributed by atoms with Gasteiger partial charge in [-0.05, 0) is 62.7 Å². The fourth-order valence-electron chi connectivity index (χ4n) is 5.37. The van der Waals surface area contributed by atoms with Crippen molar-refractivity contribution in [3.63, 3.8) is 0 Å². The van der Waals surface area contributed by atoms with Crippen molar-refractivity contribution in [1.82, 2.24) is 9.13 Å². The number of methoxy groups -OCH3 is 1. The lowest BCUT2D eigenvalue weighted by Gasteiger charge is -2.25. The van der Waals surface area contributed by atoms with Crippen molar-refractivity contribution in [1.29, 1.82) is 0 Å². The summed E-state index contributed by atoms with van der Waals surface area (Å²) in [6.07, 6.45) is 4.04. The van der Waals surface area contributed by atoms with E-state index in [2.05, 4.69) is 42.1 Å². The van der Waals surface area contributed by atoms with Gasteiger partial charge in [0.15, 0.2) is 4.80 Å². The van der Waals surface area contributed by atoms with E-state index in [1.54, 1.807) is 11.7 Å². The molecular weight excluding hydrogens is 532 g/mol. The highest BCUT2D eigenvalue weighted by molar-refractivity contribution is 7.07. The zero-order chi connectivity index (χ0) is 28.7. The molecule has 206 valence electrons. The number of hydrogen-bond acceptors (Lipinski definition) is 5. The SMILES string of the molecule is COc1cccc([C@@H]2C(C(=O)Nc3ccccc3)=C(C)N=c3s/c(=C\c4cn(C(C)C)c5ccccc45)c(=O)n32)c1. The number of fused-ring (bicyclic) bond motifs is 2. The van der Waals surface area contributed by atoms with Crippen LogP contribution in [-0.4, -0.2) is 22.2 Å². The van der Waals surface area contributed by atoms with Gasteiger partial charge >= 0.3 is 0 Å². The molecule has 3 heterocycles. The Hall–Kier alpha value is -4.69. The van der Waals surface area contributed by atoms with Crippen molar-refractivity contribution in [3.05, 3.63) is 127 Å². The normalized spacial score (nSPS) is 15.2. The Morgan fingerprint density at radius 3 is 2.56 bits per heavy atom. The summed E-state index contributed by atoms with van der Waals surface area (Å²) in [6.45, 7) is 6.10. The van der Waals surface area contributed by atoms with Gasteiger partial charge in [-0.25, -0.2) is 4.99 Å². The molecule has 5 aromatic rings. The highest BCUT2D eigenvalue weighted by Crippen LogP contribution is 2.32. The largest absolute Gasteiger partial charge is 0.497 e. The van der Waals surface area contributed by atoms with Crippen molar-refractivity contribution in [2.24, 2.45) is 4.99 Å². The molecular formula is C33H30N4O3S. The van der Waals surface area contributed by atoms with Crippen LogP contribution in [0.4, 0.5) is 5.69 Å². The smallest absolute Gasteiger partial charge is 0.271 e. The topological polar surface area (TPSA) is 77.6 Å². The number of carbonyl (C=O) groups is 1. The Morgan fingerprint density at radius 2 is 1.80 bits per heavy atom. The lowest BCUT2D eigenvalue weighted by Crippen LogP contribution is -2.40. The average molecular weight is 563 g/mol. The number of allylic oxidation sites excluding steroid dienone is 1. The quantitative estimate of drug-likeness (QED) is 0.300. The fraction of sp³-hybridized carbons (Fsp3) is 0.182.